The fourth-order valence-corrected chi connectivity index (χ4v) is 3.54. The second-order valence-corrected chi connectivity index (χ2v) is 6.64. The van der Waals surface area contributed by atoms with E-state index in [4.69, 9.17) is 10.00 Å². The largest absolute Gasteiger partial charge is 0.456 e. The number of benzene rings is 1. The Bertz CT molecular complexity index is 759. The van der Waals surface area contributed by atoms with Gasteiger partial charge in [-0.25, -0.2) is 4.98 Å². The second-order valence-electron chi connectivity index (χ2n) is 6.64. The van der Waals surface area contributed by atoms with Crippen molar-refractivity contribution in [2.24, 2.45) is 0 Å². The number of ether oxygens (including phenoxy) is 1. The molecule has 122 valence electrons. The highest BCUT2D eigenvalue weighted by atomic mass is 16.5. The summed E-state index contributed by atoms with van der Waals surface area (Å²) in [5, 5.41) is 8.80. The van der Waals surface area contributed by atoms with Gasteiger partial charge < -0.3 is 4.74 Å². The maximum Gasteiger partial charge on any atom is 0.145 e. The Morgan fingerprint density at radius 2 is 1.83 bits per heavy atom. The monoisotopic (exact) mass is 319 g/mol. The SMILES string of the molecule is N#Cc1ccc(Oc2ccc3c(c2)CCN(C2CCC2)CC3)cn1. The third-order valence-corrected chi connectivity index (χ3v) is 5.19. The van der Waals surface area contributed by atoms with Gasteiger partial charge in [-0.05, 0) is 61.1 Å². The molecule has 0 N–H and O–H groups in total. The van der Waals surface area contributed by atoms with Crippen LogP contribution in [0.4, 0.5) is 0 Å². The fraction of sp³-hybridized carbons (Fsp3) is 0.400. The van der Waals surface area contributed by atoms with Crippen molar-refractivity contribution in [2.75, 3.05) is 13.1 Å². The summed E-state index contributed by atoms with van der Waals surface area (Å²) in [6.07, 6.45) is 7.96. The van der Waals surface area contributed by atoms with Gasteiger partial charge in [0.05, 0.1) is 6.20 Å². The topological polar surface area (TPSA) is 49.1 Å². The van der Waals surface area contributed by atoms with Gasteiger partial charge in [0.1, 0.15) is 23.3 Å². The zero-order chi connectivity index (χ0) is 16.4. The van der Waals surface area contributed by atoms with E-state index in [1.165, 1.54) is 36.9 Å². The zero-order valence-corrected chi connectivity index (χ0v) is 13.7. The standard InChI is InChI=1S/C20H21N3O/c21-13-17-5-7-20(14-22-17)24-19-6-4-15-8-10-23(18-2-1-3-18)11-9-16(15)12-19/h4-7,12,14,18H,1-3,8-11H2. The van der Waals surface area contributed by atoms with Gasteiger partial charge in [0.25, 0.3) is 0 Å². The molecule has 0 bridgehead atoms. The molecule has 1 aromatic carbocycles. The smallest absolute Gasteiger partial charge is 0.145 e. The Hall–Kier alpha value is -2.38. The molecule has 1 aliphatic carbocycles. The average molecular weight is 319 g/mol. The molecule has 1 aromatic heterocycles. The normalized spacial score (nSPS) is 18.1. The Kier molecular flexibility index (Phi) is 4.18. The molecule has 0 unspecified atom stereocenters. The number of fused-ring (bicyclic) bond motifs is 1. The number of nitrogens with zero attached hydrogens (tertiary/aromatic N) is 3. The molecule has 1 fully saturated rings. The molecule has 4 nitrogen and oxygen atoms in total. The predicted octanol–water partition coefficient (Wildman–Crippen LogP) is 3.70. The van der Waals surface area contributed by atoms with Crippen LogP contribution < -0.4 is 4.74 Å². The molecule has 0 spiro atoms. The van der Waals surface area contributed by atoms with Crippen LogP contribution in [0.1, 0.15) is 36.1 Å². The summed E-state index contributed by atoms with van der Waals surface area (Å²) in [4.78, 5) is 6.71. The number of hydrogen-bond donors (Lipinski definition) is 0. The summed E-state index contributed by atoms with van der Waals surface area (Å²) in [5.41, 5.74) is 3.25. The van der Waals surface area contributed by atoms with E-state index in [1.54, 1.807) is 18.3 Å². The Balaban J connectivity index is 1.47. The van der Waals surface area contributed by atoms with Gasteiger partial charge in [0, 0.05) is 19.1 Å². The third kappa shape index (κ3) is 3.13. The van der Waals surface area contributed by atoms with Crippen LogP contribution in [0.2, 0.25) is 0 Å². The van der Waals surface area contributed by atoms with Crippen LogP contribution in [0.25, 0.3) is 0 Å². The Morgan fingerprint density at radius 3 is 2.50 bits per heavy atom. The van der Waals surface area contributed by atoms with E-state index in [1.807, 2.05) is 12.1 Å². The molecule has 24 heavy (non-hydrogen) atoms. The summed E-state index contributed by atoms with van der Waals surface area (Å²) >= 11 is 0. The van der Waals surface area contributed by atoms with Gasteiger partial charge in [0.2, 0.25) is 0 Å². The van der Waals surface area contributed by atoms with Crippen molar-refractivity contribution in [3.05, 3.63) is 53.3 Å². The van der Waals surface area contributed by atoms with Gasteiger partial charge in [0.15, 0.2) is 0 Å². The van der Waals surface area contributed by atoms with E-state index >= 15 is 0 Å². The highest BCUT2D eigenvalue weighted by Crippen LogP contribution is 2.29. The third-order valence-electron chi connectivity index (χ3n) is 5.19. The predicted molar refractivity (Wildman–Crippen MR) is 92.1 cm³/mol. The lowest BCUT2D eigenvalue weighted by Crippen LogP contribution is -2.41. The lowest BCUT2D eigenvalue weighted by Gasteiger charge is -2.36. The number of aromatic nitrogens is 1. The number of pyridine rings is 1. The zero-order valence-electron chi connectivity index (χ0n) is 13.7. The molecule has 2 aromatic rings. The van der Waals surface area contributed by atoms with Gasteiger partial charge >= 0.3 is 0 Å². The number of hydrogen-bond acceptors (Lipinski definition) is 4. The van der Waals surface area contributed by atoms with Crippen LogP contribution in [0.5, 0.6) is 11.5 Å². The average Bonchev–Trinajstić information content (AvgIpc) is 2.77. The van der Waals surface area contributed by atoms with Crippen molar-refractivity contribution >= 4 is 0 Å². The summed E-state index contributed by atoms with van der Waals surface area (Å²) < 4.78 is 5.91. The van der Waals surface area contributed by atoms with Crippen LogP contribution >= 0.6 is 0 Å². The van der Waals surface area contributed by atoms with E-state index in [0.29, 0.717) is 11.4 Å². The quantitative estimate of drug-likeness (QED) is 0.865. The van der Waals surface area contributed by atoms with E-state index < -0.39 is 0 Å². The molecule has 4 heteroatoms. The first kappa shape index (κ1) is 15.2. The first-order valence-corrected chi connectivity index (χ1v) is 8.72. The van der Waals surface area contributed by atoms with Gasteiger partial charge in [-0.2, -0.15) is 5.26 Å². The van der Waals surface area contributed by atoms with Crippen molar-refractivity contribution in [1.29, 1.82) is 5.26 Å². The Morgan fingerprint density at radius 1 is 1.04 bits per heavy atom. The van der Waals surface area contributed by atoms with Crippen LogP contribution in [-0.2, 0) is 12.8 Å². The molecule has 1 saturated carbocycles. The van der Waals surface area contributed by atoms with Crippen LogP contribution in [0.3, 0.4) is 0 Å². The first-order valence-electron chi connectivity index (χ1n) is 8.72. The van der Waals surface area contributed by atoms with E-state index in [-0.39, 0.29) is 0 Å². The summed E-state index contributed by atoms with van der Waals surface area (Å²) in [7, 11) is 0. The molecule has 0 atom stereocenters. The highest BCUT2D eigenvalue weighted by molar-refractivity contribution is 5.39. The summed E-state index contributed by atoms with van der Waals surface area (Å²) in [6, 6.07) is 12.7. The summed E-state index contributed by atoms with van der Waals surface area (Å²) in [6.45, 7) is 2.33. The second kappa shape index (κ2) is 6.62. The molecular weight excluding hydrogens is 298 g/mol. The molecule has 1 aliphatic heterocycles. The van der Waals surface area contributed by atoms with Crippen molar-refractivity contribution < 1.29 is 4.74 Å². The van der Waals surface area contributed by atoms with Crippen molar-refractivity contribution in [3.8, 4) is 17.6 Å². The minimum absolute atomic E-state index is 0.403. The fourth-order valence-electron chi connectivity index (χ4n) is 3.54. The maximum absolute atomic E-state index is 8.80. The first-order chi connectivity index (χ1) is 11.8. The van der Waals surface area contributed by atoms with Crippen molar-refractivity contribution in [3.63, 3.8) is 0 Å². The van der Waals surface area contributed by atoms with Crippen molar-refractivity contribution in [2.45, 2.75) is 38.1 Å². The van der Waals surface area contributed by atoms with E-state index in [9.17, 15) is 0 Å². The van der Waals surface area contributed by atoms with Gasteiger partial charge in [-0.15, -0.1) is 0 Å². The minimum atomic E-state index is 0.403. The van der Waals surface area contributed by atoms with Gasteiger partial charge in [-0.1, -0.05) is 12.5 Å². The summed E-state index contributed by atoms with van der Waals surface area (Å²) in [5.74, 6) is 1.51. The molecule has 4 rings (SSSR count). The molecule has 0 saturated heterocycles. The van der Waals surface area contributed by atoms with Crippen LogP contribution in [0.15, 0.2) is 36.5 Å². The van der Waals surface area contributed by atoms with Crippen LogP contribution in [0, 0.1) is 11.3 Å². The number of rotatable bonds is 3. The minimum Gasteiger partial charge on any atom is -0.456 e. The molecule has 2 aliphatic rings. The molecule has 0 radical (unpaired) electrons. The van der Waals surface area contributed by atoms with E-state index in [0.717, 1.165) is 31.2 Å². The van der Waals surface area contributed by atoms with E-state index in [2.05, 4.69) is 22.0 Å². The molecular formula is C20H21N3O. The number of nitriles is 1. The molecule has 0 amide bonds. The van der Waals surface area contributed by atoms with Crippen molar-refractivity contribution in [1.82, 2.24) is 9.88 Å². The van der Waals surface area contributed by atoms with Crippen LogP contribution in [-0.4, -0.2) is 29.0 Å². The lowest BCUT2D eigenvalue weighted by molar-refractivity contribution is 0.133. The Labute approximate surface area is 142 Å². The maximum atomic E-state index is 8.80. The molecule has 2 heterocycles. The lowest BCUT2D eigenvalue weighted by atomic mass is 9.91. The van der Waals surface area contributed by atoms with Gasteiger partial charge in [-0.3, -0.25) is 4.90 Å². The highest BCUT2D eigenvalue weighted by Gasteiger charge is 2.26.